The number of hydrogen-bond acceptors (Lipinski definition) is 3. The molecule has 1 aromatic rings. The maximum atomic E-state index is 5.53. The molecule has 0 fully saturated rings. The van der Waals surface area contributed by atoms with Gasteiger partial charge in [0.15, 0.2) is 11.5 Å². The van der Waals surface area contributed by atoms with Crippen LogP contribution in [0.15, 0.2) is 24.3 Å². The summed E-state index contributed by atoms with van der Waals surface area (Å²) in [4.78, 5) is 0. The second-order valence-corrected chi connectivity index (χ2v) is 3.04. The van der Waals surface area contributed by atoms with E-state index in [-0.39, 0.29) is 6.29 Å². The summed E-state index contributed by atoms with van der Waals surface area (Å²) in [5, 5.41) is 0. The van der Waals surface area contributed by atoms with Crippen molar-refractivity contribution in [2.24, 2.45) is 5.73 Å². The van der Waals surface area contributed by atoms with Crippen LogP contribution >= 0.6 is 0 Å². The Balaban J connectivity index is 1.97. The molecule has 3 heteroatoms. The summed E-state index contributed by atoms with van der Waals surface area (Å²) in [5.74, 6) is 1.68. The summed E-state index contributed by atoms with van der Waals surface area (Å²) in [6, 6.07) is 7.70. The van der Waals surface area contributed by atoms with E-state index in [4.69, 9.17) is 15.2 Å². The highest BCUT2D eigenvalue weighted by atomic mass is 16.7. The third-order valence-electron chi connectivity index (χ3n) is 2.01. The molecule has 0 spiro atoms. The van der Waals surface area contributed by atoms with Crippen molar-refractivity contribution in [1.29, 1.82) is 0 Å². The first-order chi connectivity index (χ1) is 6.40. The van der Waals surface area contributed by atoms with Gasteiger partial charge in [-0.25, -0.2) is 0 Å². The van der Waals surface area contributed by atoms with Gasteiger partial charge < -0.3 is 15.2 Å². The first kappa shape index (κ1) is 8.38. The van der Waals surface area contributed by atoms with Crippen molar-refractivity contribution < 1.29 is 9.47 Å². The maximum Gasteiger partial charge on any atom is 0.241 e. The van der Waals surface area contributed by atoms with Crippen molar-refractivity contribution in [2.45, 2.75) is 19.1 Å². The van der Waals surface area contributed by atoms with E-state index in [2.05, 4.69) is 0 Å². The lowest BCUT2D eigenvalue weighted by Crippen LogP contribution is -2.19. The van der Waals surface area contributed by atoms with Crippen LogP contribution in [0.2, 0.25) is 0 Å². The molecule has 0 unspecified atom stereocenters. The molecule has 0 aliphatic carbocycles. The highest BCUT2D eigenvalue weighted by molar-refractivity contribution is 5.41. The maximum absolute atomic E-state index is 5.53. The molecule has 13 heavy (non-hydrogen) atoms. The number of hydrogen-bond donors (Lipinski definition) is 1. The summed E-state index contributed by atoms with van der Waals surface area (Å²) in [5.41, 5.74) is 5.40. The molecule has 2 rings (SSSR count). The molecule has 0 saturated carbocycles. The van der Waals surface area contributed by atoms with Crippen LogP contribution in [0.4, 0.5) is 0 Å². The zero-order valence-electron chi connectivity index (χ0n) is 7.40. The van der Waals surface area contributed by atoms with E-state index in [1.165, 1.54) is 0 Å². The molecule has 0 radical (unpaired) electrons. The van der Waals surface area contributed by atoms with Crippen LogP contribution in [0, 0.1) is 0 Å². The molecule has 70 valence electrons. The minimum Gasteiger partial charge on any atom is -0.451 e. The zero-order chi connectivity index (χ0) is 9.10. The molecule has 0 bridgehead atoms. The molecule has 1 heterocycles. The lowest BCUT2D eigenvalue weighted by molar-refractivity contribution is 0.0407. The molecule has 1 aromatic carbocycles. The van der Waals surface area contributed by atoms with Gasteiger partial charge in [-0.1, -0.05) is 12.1 Å². The quantitative estimate of drug-likeness (QED) is 0.765. The lowest BCUT2D eigenvalue weighted by Gasteiger charge is -2.08. The van der Waals surface area contributed by atoms with Crippen molar-refractivity contribution in [1.82, 2.24) is 0 Å². The highest BCUT2D eigenvalue weighted by Crippen LogP contribution is 2.34. The average molecular weight is 179 g/mol. The van der Waals surface area contributed by atoms with Gasteiger partial charge in [0.2, 0.25) is 6.29 Å². The monoisotopic (exact) mass is 179 g/mol. The number of para-hydroxylation sites is 2. The second kappa shape index (κ2) is 3.66. The molecule has 0 atom stereocenters. The minimum atomic E-state index is -0.138. The van der Waals surface area contributed by atoms with Crippen molar-refractivity contribution in [2.75, 3.05) is 6.54 Å². The normalized spacial score (nSPS) is 14.8. The summed E-state index contributed by atoms with van der Waals surface area (Å²) < 4.78 is 11.1. The first-order valence-corrected chi connectivity index (χ1v) is 4.52. The van der Waals surface area contributed by atoms with Crippen molar-refractivity contribution in [3.05, 3.63) is 24.3 Å². The van der Waals surface area contributed by atoms with Crippen LogP contribution in [0.25, 0.3) is 0 Å². The van der Waals surface area contributed by atoms with E-state index in [1.54, 1.807) is 0 Å². The van der Waals surface area contributed by atoms with Crippen LogP contribution in [0.3, 0.4) is 0 Å². The summed E-state index contributed by atoms with van der Waals surface area (Å²) >= 11 is 0. The van der Waals surface area contributed by atoms with Crippen LogP contribution in [0.1, 0.15) is 12.8 Å². The Bertz CT molecular complexity index is 263. The summed E-state index contributed by atoms with van der Waals surface area (Å²) in [6.07, 6.45) is 1.64. The van der Waals surface area contributed by atoms with E-state index < -0.39 is 0 Å². The number of nitrogens with two attached hydrogens (primary N) is 1. The minimum absolute atomic E-state index is 0.138. The van der Waals surface area contributed by atoms with Gasteiger partial charge in [-0.15, -0.1) is 0 Å². The number of benzene rings is 1. The average Bonchev–Trinajstić information content (AvgIpc) is 2.57. The topological polar surface area (TPSA) is 44.5 Å². The Morgan fingerprint density at radius 1 is 1.15 bits per heavy atom. The lowest BCUT2D eigenvalue weighted by atomic mass is 10.3. The Morgan fingerprint density at radius 2 is 1.77 bits per heavy atom. The van der Waals surface area contributed by atoms with Crippen LogP contribution < -0.4 is 15.2 Å². The van der Waals surface area contributed by atoms with E-state index >= 15 is 0 Å². The molecule has 2 N–H and O–H groups in total. The number of ether oxygens (including phenoxy) is 2. The molecule has 0 saturated heterocycles. The zero-order valence-corrected chi connectivity index (χ0v) is 7.40. The summed E-state index contributed by atoms with van der Waals surface area (Å²) in [7, 11) is 0. The SMILES string of the molecule is NCCCC1Oc2ccccc2O1. The number of fused-ring (bicyclic) bond motifs is 1. The van der Waals surface area contributed by atoms with Crippen molar-refractivity contribution in [3.63, 3.8) is 0 Å². The van der Waals surface area contributed by atoms with Gasteiger partial charge in [-0.05, 0) is 25.1 Å². The van der Waals surface area contributed by atoms with Crippen LogP contribution in [0.5, 0.6) is 11.5 Å². The summed E-state index contributed by atoms with van der Waals surface area (Å²) in [6.45, 7) is 0.680. The fourth-order valence-electron chi connectivity index (χ4n) is 1.35. The number of rotatable bonds is 3. The van der Waals surface area contributed by atoms with E-state index in [1.807, 2.05) is 24.3 Å². The molecular formula is C10H13NO2. The highest BCUT2D eigenvalue weighted by Gasteiger charge is 2.22. The molecule has 0 amide bonds. The standard InChI is InChI=1S/C10H13NO2/c11-7-3-6-10-12-8-4-1-2-5-9(8)13-10/h1-2,4-5,10H,3,6-7,11H2. The molecule has 1 aliphatic rings. The first-order valence-electron chi connectivity index (χ1n) is 4.52. The van der Waals surface area contributed by atoms with E-state index in [9.17, 15) is 0 Å². The van der Waals surface area contributed by atoms with Gasteiger partial charge >= 0.3 is 0 Å². The van der Waals surface area contributed by atoms with Crippen molar-refractivity contribution >= 4 is 0 Å². The third-order valence-corrected chi connectivity index (χ3v) is 2.01. The van der Waals surface area contributed by atoms with Crippen LogP contribution in [-0.2, 0) is 0 Å². The predicted octanol–water partition coefficient (Wildman–Crippen LogP) is 1.52. The van der Waals surface area contributed by atoms with E-state index in [0.717, 1.165) is 24.3 Å². The Labute approximate surface area is 77.5 Å². The Morgan fingerprint density at radius 3 is 2.31 bits per heavy atom. The molecule has 3 nitrogen and oxygen atoms in total. The fourth-order valence-corrected chi connectivity index (χ4v) is 1.35. The van der Waals surface area contributed by atoms with Gasteiger partial charge in [-0.3, -0.25) is 0 Å². The van der Waals surface area contributed by atoms with Gasteiger partial charge in [0.25, 0.3) is 0 Å². The second-order valence-electron chi connectivity index (χ2n) is 3.04. The van der Waals surface area contributed by atoms with E-state index in [0.29, 0.717) is 6.54 Å². The van der Waals surface area contributed by atoms with Gasteiger partial charge in [0, 0.05) is 6.42 Å². The molecule has 1 aliphatic heterocycles. The largest absolute Gasteiger partial charge is 0.451 e. The smallest absolute Gasteiger partial charge is 0.241 e. The van der Waals surface area contributed by atoms with Gasteiger partial charge in [0.05, 0.1) is 0 Å². The Kier molecular flexibility index (Phi) is 2.36. The van der Waals surface area contributed by atoms with Gasteiger partial charge in [-0.2, -0.15) is 0 Å². The van der Waals surface area contributed by atoms with Gasteiger partial charge in [0.1, 0.15) is 0 Å². The Hall–Kier alpha value is -1.22. The molecule has 0 aromatic heterocycles. The third kappa shape index (κ3) is 1.75. The predicted molar refractivity (Wildman–Crippen MR) is 49.8 cm³/mol. The van der Waals surface area contributed by atoms with Crippen LogP contribution in [-0.4, -0.2) is 12.8 Å². The van der Waals surface area contributed by atoms with Crippen molar-refractivity contribution in [3.8, 4) is 11.5 Å². The fraction of sp³-hybridized carbons (Fsp3) is 0.400. The molecular weight excluding hydrogens is 166 g/mol.